The zero-order valence-electron chi connectivity index (χ0n) is 9.95. The Morgan fingerprint density at radius 1 is 1.44 bits per heavy atom. The van der Waals surface area contributed by atoms with Crippen molar-refractivity contribution in [1.82, 2.24) is 5.32 Å². The molecule has 3 heteroatoms. The van der Waals surface area contributed by atoms with Crippen molar-refractivity contribution in [3.05, 3.63) is 12.7 Å². The lowest BCUT2D eigenvalue weighted by atomic mass is 9.84. The fraction of sp³-hybridized carbons (Fsp3) is 0.769. The van der Waals surface area contributed by atoms with Crippen LogP contribution in [-0.2, 0) is 4.79 Å². The fourth-order valence-electron chi connectivity index (χ4n) is 2.36. The van der Waals surface area contributed by atoms with Gasteiger partial charge in [0.1, 0.15) is 0 Å². The smallest absolute Gasteiger partial charge is 0.220 e. The molecule has 1 aliphatic rings. The Hall–Kier alpha value is -0.830. The van der Waals surface area contributed by atoms with Crippen molar-refractivity contribution in [2.45, 2.75) is 51.0 Å². The van der Waals surface area contributed by atoms with Gasteiger partial charge in [-0.15, -0.1) is 6.58 Å². The third-order valence-electron chi connectivity index (χ3n) is 3.34. The summed E-state index contributed by atoms with van der Waals surface area (Å²) >= 11 is 0. The molecule has 1 saturated carbocycles. The van der Waals surface area contributed by atoms with Crippen LogP contribution in [0.25, 0.3) is 0 Å². The van der Waals surface area contributed by atoms with Gasteiger partial charge in [0, 0.05) is 6.42 Å². The summed E-state index contributed by atoms with van der Waals surface area (Å²) in [5.41, 5.74) is 0. The quantitative estimate of drug-likeness (QED) is 0.679. The highest BCUT2D eigenvalue weighted by Crippen LogP contribution is 2.26. The van der Waals surface area contributed by atoms with Crippen LogP contribution in [0, 0.1) is 5.92 Å². The Balaban J connectivity index is 2.34. The minimum absolute atomic E-state index is 0.0320. The van der Waals surface area contributed by atoms with E-state index in [9.17, 15) is 9.90 Å². The molecule has 0 radical (unpaired) electrons. The van der Waals surface area contributed by atoms with Crippen LogP contribution < -0.4 is 5.32 Å². The topological polar surface area (TPSA) is 49.3 Å². The molecule has 1 aliphatic carbocycles. The zero-order chi connectivity index (χ0) is 11.8. The van der Waals surface area contributed by atoms with Gasteiger partial charge in [-0.1, -0.05) is 25.3 Å². The number of carbonyl (C=O) groups is 1. The van der Waals surface area contributed by atoms with Crippen molar-refractivity contribution >= 4 is 5.91 Å². The number of hydrogen-bond donors (Lipinski definition) is 2. The molecule has 3 nitrogen and oxygen atoms in total. The molecule has 2 N–H and O–H groups in total. The van der Waals surface area contributed by atoms with Gasteiger partial charge >= 0.3 is 0 Å². The van der Waals surface area contributed by atoms with Crippen LogP contribution in [0.4, 0.5) is 0 Å². The number of hydrogen-bond acceptors (Lipinski definition) is 2. The Kier molecular flexibility index (Phi) is 6.16. The number of aliphatic hydroxyl groups is 1. The second-order valence-corrected chi connectivity index (χ2v) is 4.58. The van der Waals surface area contributed by atoms with Crippen LogP contribution in [0.5, 0.6) is 0 Å². The van der Waals surface area contributed by atoms with Crippen LogP contribution in [0.3, 0.4) is 0 Å². The standard InChI is InChI=1S/C13H23NO2/c1-2-3-9-13(16)14-12(10-15)11-7-5-4-6-8-11/h2,11-12,15H,1,3-10H2,(H,14,16)/t12-/m0/s1. The Bertz CT molecular complexity index is 222. The van der Waals surface area contributed by atoms with Crippen molar-refractivity contribution in [3.63, 3.8) is 0 Å². The lowest BCUT2D eigenvalue weighted by molar-refractivity contribution is -0.122. The Morgan fingerprint density at radius 2 is 2.12 bits per heavy atom. The SMILES string of the molecule is C=CCCC(=O)N[C@@H](CO)C1CCCCC1. The first-order chi connectivity index (χ1) is 7.77. The largest absolute Gasteiger partial charge is 0.394 e. The minimum atomic E-state index is -0.0439. The molecular formula is C13H23NO2. The first kappa shape index (κ1) is 13.2. The summed E-state index contributed by atoms with van der Waals surface area (Å²) in [6.45, 7) is 3.65. The van der Waals surface area contributed by atoms with Gasteiger partial charge < -0.3 is 10.4 Å². The fourth-order valence-corrected chi connectivity index (χ4v) is 2.36. The third-order valence-corrected chi connectivity index (χ3v) is 3.34. The Morgan fingerprint density at radius 3 is 2.69 bits per heavy atom. The van der Waals surface area contributed by atoms with Gasteiger partial charge in [0.05, 0.1) is 12.6 Å². The molecule has 0 bridgehead atoms. The predicted octanol–water partition coefficient (Wildman–Crippen LogP) is 2.01. The second kappa shape index (κ2) is 7.44. The molecule has 1 fully saturated rings. The lowest BCUT2D eigenvalue weighted by Gasteiger charge is -2.29. The molecule has 0 heterocycles. The highest BCUT2D eigenvalue weighted by molar-refractivity contribution is 5.76. The summed E-state index contributed by atoms with van der Waals surface area (Å²) in [6, 6.07) is -0.0439. The maximum atomic E-state index is 11.5. The molecule has 0 aromatic carbocycles. The van der Waals surface area contributed by atoms with Gasteiger partial charge in [-0.3, -0.25) is 4.79 Å². The second-order valence-electron chi connectivity index (χ2n) is 4.58. The highest BCUT2D eigenvalue weighted by Gasteiger charge is 2.23. The van der Waals surface area contributed by atoms with E-state index in [0.717, 1.165) is 12.8 Å². The monoisotopic (exact) mass is 225 g/mol. The molecule has 0 spiro atoms. The van der Waals surface area contributed by atoms with Gasteiger partial charge in [0.2, 0.25) is 5.91 Å². The molecule has 1 amide bonds. The highest BCUT2D eigenvalue weighted by atomic mass is 16.3. The minimum Gasteiger partial charge on any atom is -0.394 e. The van der Waals surface area contributed by atoms with Crippen molar-refractivity contribution in [2.24, 2.45) is 5.92 Å². The van der Waals surface area contributed by atoms with Crippen LogP contribution in [0.2, 0.25) is 0 Å². The average Bonchev–Trinajstić information content (AvgIpc) is 2.34. The maximum Gasteiger partial charge on any atom is 0.220 e. The van der Waals surface area contributed by atoms with E-state index < -0.39 is 0 Å². The number of carbonyl (C=O) groups excluding carboxylic acids is 1. The van der Waals surface area contributed by atoms with Crippen molar-refractivity contribution in [2.75, 3.05) is 6.61 Å². The van der Waals surface area contributed by atoms with Crippen LogP contribution in [0.1, 0.15) is 44.9 Å². The zero-order valence-corrected chi connectivity index (χ0v) is 9.95. The maximum absolute atomic E-state index is 11.5. The van der Waals surface area contributed by atoms with Crippen molar-refractivity contribution in [1.29, 1.82) is 0 Å². The molecule has 1 rings (SSSR count). The summed E-state index contributed by atoms with van der Waals surface area (Å²) < 4.78 is 0. The molecule has 0 saturated heterocycles. The number of aliphatic hydroxyl groups excluding tert-OH is 1. The van der Waals surface area contributed by atoms with Crippen LogP contribution >= 0.6 is 0 Å². The molecule has 16 heavy (non-hydrogen) atoms. The Labute approximate surface area is 97.9 Å². The number of allylic oxidation sites excluding steroid dienone is 1. The normalized spacial score (nSPS) is 19.1. The van der Waals surface area contributed by atoms with E-state index in [1.54, 1.807) is 6.08 Å². The summed E-state index contributed by atoms with van der Waals surface area (Å²) in [7, 11) is 0. The summed E-state index contributed by atoms with van der Waals surface area (Å²) in [5.74, 6) is 0.496. The first-order valence-corrected chi connectivity index (χ1v) is 6.29. The molecule has 92 valence electrons. The van der Waals surface area contributed by atoms with Gasteiger partial charge in [0.15, 0.2) is 0 Å². The van der Waals surface area contributed by atoms with Crippen LogP contribution in [-0.4, -0.2) is 23.7 Å². The predicted molar refractivity (Wildman–Crippen MR) is 65.0 cm³/mol. The molecule has 0 aromatic rings. The van der Waals surface area contributed by atoms with E-state index in [4.69, 9.17) is 0 Å². The van der Waals surface area contributed by atoms with E-state index in [-0.39, 0.29) is 18.6 Å². The van der Waals surface area contributed by atoms with E-state index in [1.807, 2.05) is 0 Å². The van der Waals surface area contributed by atoms with Gasteiger partial charge in [-0.25, -0.2) is 0 Å². The van der Waals surface area contributed by atoms with Gasteiger partial charge in [-0.2, -0.15) is 0 Å². The molecule has 0 unspecified atom stereocenters. The van der Waals surface area contributed by atoms with E-state index >= 15 is 0 Å². The van der Waals surface area contributed by atoms with E-state index in [2.05, 4.69) is 11.9 Å². The van der Waals surface area contributed by atoms with E-state index in [1.165, 1.54) is 19.3 Å². The van der Waals surface area contributed by atoms with E-state index in [0.29, 0.717) is 18.8 Å². The molecular weight excluding hydrogens is 202 g/mol. The number of rotatable bonds is 6. The van der Waals surface area contributed by atoms with Crippen molar-refractivity contribution in [3.8, 4) is 0 Å². The first-order valence-electron chi connectivity index (χ1n) is 6.29. The molecule has 0 aromatic heterocycles. The van der Waals surface area contributed by atoms with Gasteiger partial charge in [-0.05, 0) is 25.2 Å². The summed E-state index contributed by atoms with van der Waals surface area (Å²) in [5, 5.41) is 12.3. The molecule has 1 atom stereocenters. The van der Waals surface area contributed by atoms with Gasteiger partial charge in [0.25, 0.3) is 0 Å². The molecule has 0 aliphatic heterocycles. The number of nitrogens with one attached hydrogen (secondary N) is 1. The number of amides is 1. The third kappa shape index (κ3) is 4.35. The lowest BCUT2D eigenvalue weighted by Crippen LogP contribution is -2.43. The van der Waals surface area contributed by atoms with Crippen LogP contribution in [0.15, 0.2) is 12.7 Å². The van der Waals surface area contributed by atoms with Crippen molar-refractivity contribution < 1.29 is 9.90 Å². The summed E-state index contributed by atoms with van der Waals surface area (Å²) in [6.07, 6.45) is 8.93. The average molecular weight is 225 g/mol. The summed E-state index contributed by atoms with van der Waals surface area (Å²) in [4.78, 5) is 11.5.